The van der Waals surface area contributed by atoms with E-state index in [1.54, 1.807) is 0 Å². The number of benzene rings is 1. The maximum atomic E-state index is 13.7. The molecule has 0 unspecified atom stereocenters. The van der Waals surface area contributed by atoms with Gasteiger partial charge in [0, 0.05) is 13.1 Å². The minimum atomic E-state index is -0.742. The van der Waals surface area contributed by atoms with Crippen LogP contribution in [0.1, 0.15) is 16.8 Å². The predicted molar refractivity (Wildman–Crippen MR) is 64.9 cm³/mol. The van der Waals surface area contributed by atoms with Crippen LogP contribution in [0.25, 0.3) is 0 Å². The van der Waals surface area contributed by atoms with Crippen molar-refractivity contribution in [3.63, 3.8) is 0 Å². The van der Waals surface area contributed by atoms with Crippen molar-refractivity contribution in [2.24, 2.45) is 0 Å². The Hall–Kier alpha value is -1.62. The topological polar surface area (TPSA) is 49.4 Å². The first-order valence-corrected chi connectivity index (χ1v) is 5.97. The zero-order valence-corrected chi connectivity index (χ0v) is 10.3. The summed E-state index contributed by atoms with van der Waals surface area (Å²) in [6, 6.07) is 4.26. The van der Waals surface area contributed by atoms with E-state index in [2.05, 4.69) is 5.32 Å². The molecule has 0 spiro atoms. The highest BCUT2D eigenvalue weighted by atomic mass is 35.5. The SMILES string of the molecule is O=C1CN(C(=O)c2cccc(Cl)c2F)CCCN1. The standard InChI is InChI=1S/C12H12ClFN2O2/c13-9-4-1-3-8(11(9)14)12(18)16-6-2-5-15-10(17)7-16/h1,3-4H,2,5-7H2,(H,15,17). The largest absolute Gasteiger partial charge is 0.354 e. The summed E-state index contributed by atoms with van der Waals surface area (Å²) in [7, 11) is 0. The van der Waals surface area contributed by atoms with E-state index in [0.29, 0.717) is 19.5 Å². The molecule has 1 fully saturated rings. The van der Waals surface area contributed by atoms with Gasteiger partial charge in [-0.1, -0.05) is 17.7 Å². The fraction of sp³-hybridized carbons (Fsp3) is 0.333. The Morgan fingerprint density at radius 2 is 2.22 bits per heavy atom. The van der Waals surface area contributed by atoms with Gasteiger partial charge in [-0.05, 0) is 18.6 Å². The molecule has 1 aromatic rings. The van der Waals surface area contributed by atoms with E-state index in [-0.39, 0.29) is 23.0 Å². The molecule has 0 aliphatic carbocycles. The van der Waals surface area contributed by atoms with Crippen molar-refractivity contribution in [2.75, 3.05) is 19.6 Å². The number of carbonyl (C=O) groups excluding carboxylic acids is 2. The molecule has 2 rings (SSSR count). The molecule has 1 aliphatic rings. The van der Waals surface area contributed by atoms with E-state index in [1.165, 1.54) is 23.1 Å². The zero-order chi connectivity index (χ0) is 13.1. The molecule has 1 saturated heterocycles. The highest BCUT2D eigenvalue weighted by molar-refractivity contribution is 6.31. The second kappa shape index (κ2) is 5.35. The van der Waals surface area contributed by atoms with Gasteiger partial charge >= 0.3 is 0 Å². The molecule has 0 atom stereocenters. The Labute approximate surface area is 109 Å². The first kappa shape index (κ1) is 12.8. The van der Waals surface area contributed by atoms with Gasteiger partial charge in [0.05, 0.1) is 17.1 Å². The summed E-state index contributed by atoms with van der Waals surface area (Å²) in [5, 5.41) is 2.56. The second-order valence-corrected chi connectivity index (χ2v) is 4.44. The van der Waals surface area contributed by atoms with Crippen LogP contribution in [0.2, 0.25) is 5.02 Å². The van der Waals surface area contributed by atoms with Crippen molar-refractivity contribution in [3.05, 3.63) is 34.6 Å². The molecular formula is C12H12ClFN2O2. The average Bonchev–Trinajstić information content (AvgIpc) is 2.56. The fourth-order valence-electron chi connectivity index (χ4n) is 1.82. The number of amides is 2. The maximum Gasteiger partial charge on any atom is 0.257 e. The fourth-order valence-corrected chi connectivity index (χ4v) is 1.99. The molecule has 2 amide bonds. The molecule has 0 bridgehead atoms. The zero-order valence-electron chi connectivity index (χ0n) is 9.58. The molecule has 0 saturated carbocycles. The van der Waals surface area contributed by atoms with Crippen molar-refractivity contribution >= 4 is 23.4 Å². The van der Waals surface area contributed by atoms with Crippen molar-refractivity contribution in [1.29, 1.82) is 0 Å². The van der Waals surface area contributed by atoms with Gasteiger partial charge in [-0.15, -0.1) is 0 Å². The number of rotatable bonds is 1. The summed E-state index contributed by atoms with van der Waals surface area (Å²) in [6.45, 7) is 0.898. The molecule has 4 nitrogen and oxygen atoms in total. The normalized spacial score (nSPS) is 16.1. The van der Waals surface area contributed by atoms with Crippen LogP contribution in [0, 0.1) is 5.82 Å². The number of halogens is 2. The van der Waals surface area contributed by atoms with Gasteiger partial charge in [0.2, 0.25) is 5.91 Å². The molecule has 1 N–H and O–H groups in total. The smallest absolute Gasteiger partial charge is 0.257 e. The first-order valence-electron chi connectivity index (χ1n) is 5.59. The molecular weight excluding hydrogens is 259 g/mol. The van der Waals surface area contributed by atoms with E-state index in [1.807, 2.05) is 0 Å². The van der Waals surface area contributed by atoms with Gasteiger partial charge in [0.1, 0.15) is 0 Å². The van der Waals surface area contributed by atoms with Gasteiger partial charge in [0.15, 0.2) is 5.82 Å². The van der Waals surface area contributed by atoms with Crippen LogP contribution in [0.15, 0.2) is 18.2 Å². The van der Waals surface area contributed by atoms with Crippen molar-refractivity contribution < 1.29 is 14.0 Å². The van der Waals surface area contributed by atoms with Crippen LogP contribution in [0.5, 0.6) is 0 Å². The van der Waals surface area contributed by atoms with Gasteiger partial charge in [-0.25, -0.2) is 4.39 Å². The number of nitrogens with one attached hydrogen (secondary N) is 1. The van der Waals surface area contributed by atoms with Crippen LogP contribution >= 0.6 is 11.6 Å². The van der Waals surface area contributed by atoms with Crippen LogP contribution in [-0.2, 0) is 4.79 Å². The highest BCUT2D eigenvalue weighted by Gasteiger charge is 2.23. The predicted octanol–water partition coefficient (Wildman–Crippen LogP) is 1.44. The van der Waals surface area contributed by atoms with Gasteiger partial charge in [0.25, 0.3) is 5.91 Å². The van der Waals surface area contributed by atoms with E-state index in [0.717, 1.165) is 0 Å². The van der Waals surface area contributed by atoms with Crippen LogP contribution in [-0.4, -0.2) is 36.3 Å². The Balaban J connectivity index is 2.24. The van der Waals surface area contributed by atoms with Crippen LogP contribution in [0.4, 0.5) is 4.39 Å². The molecule has 96 valence electrons. The molecule has 0 aromatic heterocycles. The summed E-state index contributed by atoms with van der Waals surface area (Å²) >= 11 is 5.63. The highest BCUT2D eigenvalue weighted by Crippen LogP contribution is 2.19. The number of hydrogen-bond donors (Lipinski definition) is 1. The monoisotopic (exact) mass is 270 g/mol. The lowest BCUT2D eigenvalue weighted by atomic mass is 10.2. The molecule has 0 radical (unpaired) electrons. The lowest BCUT2D eigenvalue weighted by Gasteiger charge is -2.19. The van der Waals surface area contributed by atoms with Gasteiger partial charge in [-0.3, -0.25) is 9.59 Å². The Morgan fingerprint density at radius 1 is 1.44 bits per heavy atom. The lowest BCUT2D eigenvalue weighted by Crippen LogP contribution is -2.37. The molecule has 1 aliphatic heterocycles. The Bertz CT molecular complexity index is 493. The average molecular weight is 271 g/mol. The number of hydrogen-bond acceptors (Lipinski definition) is 2. The van der Waals surface area contributed by atoms with Crippen molar-refractivity contribution in [3.8, 4) is 0 Å². The van der Waals surface area contributed by atoms with Gasteiger partial charge < -0.3 is 10.2 Å². The third-order valence-corrected chi connectivity index (χ3v) is 3.02. The minimum Gasteiger partial charge on any atom is -0.354 e. The summed E-state index contributed by atoms with van der Waals surface area (Å²) < 4.78 is 13.7. The molecule has 18 heavy (non-hydrogen) atoms. The van der Waals surface area contributed by atoms with E-state index >= 15 is 0 Å². The third-order valence-electron chi connectivity index (χ3n) is 2.73. The Morgan fingerprint density at radius 3 is 3.00 bits per heavy atom. The van der Waals surface area contributed by atoms with Crippen molar-refractivity contribution in [1.82, 2.24) is 10.2 Å². The first-order chi connectivity index (χ1) is 8.59. The quantitative estimate of drug-likeness (QED) is 0.840. The van der Waals surface area contributed by atoms with E-state index < -0.39 is 11.7 Å². The minimum absolute atomic E-state index is 0.0508. The summed E-state index contributed by atoms with van der Waals surface area (Å²) in [5.41, 5.74) is -0.0998. The Kier molecular flexibility index (Phi) is 3.81. The molecule has 1 heterocycles. The number of carbonyl (C=O) groups is 2. The lowest BCUT2D eigenvalue weighted by molar-refractivity contribution is -0.121. The molecule has 1 aromatic carbocycles. The van der Waals surface area contributed by atoms with E-state index in [9.17, 15) is 14.0 Å². The summed E-state index contributed by atoms with van der Waals surface area (Å²) in [5.74, 6) is -1.48. The van der Waals surface area contributed by atoms with E-state index in [4.69, 9.17) is 11.6 Å². The van der Waals surface area contributed by atoms with Crippen molar-refractivity contribution in [2.45, 2.75) is 6.42 Å². The maximum absolute atomic E-state index is 13.7. The third kappa shape index (κ3) is 2.61. The molecule has 6 heteroatoms. The summed E-state index contributed by atoms with van der Waals surface area (Å²) in [4.78, 5) is 24.8. The van der Waals surface area contributed by atoms with Crippen LogP contribution in [0.3, 0.4) is 0 Å². The number of nitrogens with zero attached hydrogens (tertiary/aromatic N) is 1. The summed E-state index contributed by atoms with van der Waals surface area (Å²) in [6.07, 6.45) is 0.652. The van der Waals surface area contributed by atoms with Gasteiger partial charge in [-0.2, -0.15) is 0 Å². The van der Waals surface area contributed by atoms with Crippen LogP contribution < -0.4 is 5.32 Å². The second-order valence-electron chi connectivity index (χ2n) is 4.03.